The molecule has 0 radical (unpaired) electrons. The van der Waals surface area contributed by atoms with Crippen LogP contribution in [0.2, 0.25) is 32.7 Å². The van der Waals surface area contributed by atoms with E-state index in [0.717, 1.165) is 6.42 Å². The van der Waals surface area contributed by atoms with Crippen molar-refractivity contribution in [2.24, 2.45) is 11.8 Å². The van der Waals surface area contributed by atoms with Gasteiger partial charge in [-0.1, -0.05) is 32.9 Å². The normalized spacial score (nSPS) is 17.0. The summed E-state index contributed by atoms with van der Waals surface area (Å²) in [4.78, 5) is 0. The Balaban J connectivity index is 5.30. The fourth-order valence-electron chi connectivity index (χ4n) is 2.89. The van der Waals surface area contributed by atoms with Gasteiger partial charge in [0.1, 0.15) is 0 Å². The maximum atomic E-state index is 6.79. The largest absolute Gasteiger partial charge is 0.413 e. The molecule has 0 aromatic carbocycles. The van der Waals surface area contributed by atoms with Crippen LogP contribution in [0, 0.1) is 11.8 Å². The maximum absolute atomic E-state index is 6.79. The highest BCUT2D eigenvalue weighted by Gasteiger charge is 2.48. The Bertz CT molecular complexity index is 406. The van der Waals surface area contributed by atoms with E-state index in [2.05, 4.69) is 87.8 Å². The van der Waals surface area contributed by atoms with Crippen molar-refractivity contribution in [2.45, 2.75) is 98.4 Å². The van der Waals surface area contributed by atoms with Crippen LogP contribution in [0.15, 0.2) is 12.2 Å². The van der Waals surface area contributed by atoms with E-state index in [0.29, 0.717) is 11.8 Å². The zero-order valence-corrected chi connectivity index (χ0v) is 19.9. The van der Waals surface area contributed by atoms with Gasteiger partial charge >= 0.3 is 0 Å². The highest BCUT2D eigenvalue weighted by Crippen LogP contribution is 2.38. The third kappa shape index (κ3) is 6.48. The second-order valence-corrected chi connectivity index (χ2v) is 18.4. The van der Waals surface area contributed by atoms with Crippen LogP contribution < -0.4 is 0 Å². The molecule has 0 fully saturated rings. The van der Waals surface area contributed by atoms with Crippen LogP contribution >= 0.6 is 0 Å². The first-order valence-corrected chi connectivity index (χ1v) is 15.4. The molecule has 0 aliphatic carbocycles. The third-order valence-corrected chi connectivity index (χ3v) is 10.7. The molecule has 0 heterocycles. The highest BCUT2D eigenvalue weighted by atomic mass is 28.4. The molecular formula is C19H42O2Si2. The summed E-state index contributed by atoms with van der Waals surface area (Å²) < 4.78 is 13.3. The zero-order valence-electron chi connectivity index (χ0n) is 17.9. The van der Waals surface area contributed by atoms with Crippen molar-refractivity contribution in [3.05, 3.63) is 12.2 Å². The van der Waals surface area contributed by atoms with E-state index < -0.39 is 16.6 Å². The Hall–Kier alpha value is 0.0938. The quantitative estimate of drug-likeness (QED) is 0.351. The van der Waals surface area contributed by atoms with Gasteiger partial charge in [-0.15, -0.1) is 0 Å². The van der Waals surface area contributed by atoms with Crippen molar-refractivity contribution in [1.29, 1.82) is 0 Å². The summed E-state index contributed by atoms with van der Waals surface area (Å²) >= 11 is 0. The van der Waals surface area contributed by atoms with Crippen LogP contribution in [-0.2, 0) is 8.85 Å². The van der Waals surface area contributed by atoms with Gasteiger partial charge in [-0.05, 0) is 72.8 Å². The fraction of sp³-hybridized carbons (Fsp3) is 0.895. The topological polar surface area (TPSA) is 18.5 Å². The zero-order chi connectivity index (χ0) is 18.9. The van der Waals surface area contributed by atoms with Crippen molar-refractivity contribution in [3.63, 3.8) is 0 Å². The minimum Gasteiger partial charge on any atom is -0.413 e. The second-order valence-electron chi connectivity index (χ2n) is 9.55. The van der Waals surface area contributed by atoms with E-state index in [1.807, 2.05) is 0 Å². The van der Waals surface area contributed by atoms with Gasteiger partial charge in [0.05, 0.1) is 10.8 Å². The molecule has 0 aromatic rings. The van der Waals surface area contributed by atoms with Crippen LogP contribution in [0.3, 0.4) is 0 Å². The molecule has 0 spiro atoms. The Morgan fingerprint density at radius 1 is 0.957 bits per heavy atom. The van der Waals surface area contributed by atoms with Crippen molar-refractivity contribution >= 4 is 16.6 Å². The van der Waals surface area contributed by atoms with Gasteiger partial charge in [-0.25, -0.2) is 0 Å². The van der Waals surface area contributed by atoms with E-state index >= 15 is 0 Å². The molecule has 0 bridgehead atoms. The standard InChI is InChI=1S/C19H42O2Si2/c1-14-15(2)16(3)17(4)18(5,6)20-23(12,13)19(7,8)21-22(9,10)11/h15,17H,3,14H2,1-2,4-13H3. The molecule has 0 saturated heterocycles. The second kappa shape index (κ2) is 7.55. The van der Waals surface area contributed by atoms with Gasteiger partial charge in [0, 0.05) is 5.92 Å². The predicted molar refractivity (Wildman–Crippen MR) is 109 cm³/mol. The van der Waals surface area contributed by atoms with Crippen molar-refractivity contribution < 1.29 is 8.85 Å². The average molecular weight is 359 g/mol. The molecule has 0 rings (SSSR count). The summed E-state index contributed by atoms with van der Waals surface area (Å²) in [7, 11) is -3.67. The predicted octanol–water partition coefficient (Wildman–Crippen LogP) is 6.39. The SMILES string of the molecule is C=C(C(C)CC)C(C)C(C)(C)O[Si](C)(C)C(C)(C)O[Si](C)(C)C. The summed E-state index contributed by atoms with van der Waals surface area (Å²) in [5.74, 6) is 0.857. The highest BCUT2D eigenvalue weighted by molar-refractivity contribution is 6.76. The first kappa shape index (κ1) is 23.1. The van der Waals surface area contributed by atoms with Crippen LogP contribution in [-0.4, -0.2) is 27.5 Å². The van der Waals surface area contributed by atoms with Gasteiger partial charge < -0.3 is 8.85 Å². The molecule has 23 heavy (non-hydrogen) atoms. The lowest BCUT2D eigenvalue weighted by Crippen LogP contribution is -2.61. The molecule has 0 aliphatic rings. The molecular weight excluding hydrogens is 316 g/mol. The van der Waals surface area contributed by atoms with Crippen LogP contribution in [0.25, 0.3) is 0 Å². The monoisotopic (exact) mass is 358 g/mol. The Kier molecular flexibility index (Phi) is 7.58. The van der Waals surface area contributed by atoms with Crippen LogP contribution in [0.5, 0.6) is 0 Å². The fourth-order valence-corrected chi connectivity index (χ4v) is 8.06. The minimum absolute atomic E-state index is 0.202. The lowest BCUT2D eigenvalue weighted by Gasteiger charge is -2.49. The molecule has 0 aliphatic heterocycles. The van der Waals surface area contributed by atoms with E-state index in [1.165, 1.54) is 5.57 Å². The summed E-state index contributed by atoms with van der Waals surface area (Å²) in [6.45, 7) is 31.3. The first-order valence-electron chi connectivity index (χ1n) is 9.06. The van der Waals surface area contributed by atoms with Gasteiger partial charge in [0.2, 0.25) is 8.32 Å². The molecule has 0 N–H and O–H groups in total. The van der Waals surface area contributed by atoms with Crippen molar-refractivity contribution in [2.75, 3.05) is 0 Å². The maximum Gasteiger partial charge on any atom is 0.216 e. The Labute approximate surface area is 148 Å². The van der Waals surface area contributed by atoms with Crippen molar-refractivity contribution in [3.8, 4) is 0 Å². The summed E-state index contributed by atoms with van der Waals surface area (Å²) in [5.41, 5.74) is 1.07. The number of rotatable bonds is 9. The molecule has 0 amide bonds. The molecule has 2 nitrogen and oxygen atoms in total. The lowest BCUT2D eigenvalue weighted by molar-refractivity contribution is 0.0272. The summed E-state index contributed by atoms with van der Waals surface area (Å²) in [6, 6.07) is 0. The molecule has 4 heteroatoms. The van der Waals surface area contributed by atoms with Gasteiger partial charge in [-0.2, -0.15) is 0 Å². The Morgan fingerprint density at radius 3 is 1.74 bits per heavy atom. The smallest absolute Gasteiger partial charge is 0.216 e. The number of hydrogen-bond donors (Lipinski definition) is 0. The van der Waals surface area contributed by atoms with E-state index in [9.17, 15) is 0 Å². The van der Waals surface area contributed by atoms with Crippen LogP contribution in [0.4, 0.5) is 0 Å². The average Bonchev–Trinajstić information content (AvgIpc) is 2.31. The summed E-state index contributed by atoms with van der Waals surface area (Å²) in [6.07, 6.45) is 1.13. The third-order valence-electron chi connectivity index (χ3n) is 5.37. The van der Waals surface area contributed by atoms with Crippen LogP contribution in [0.1, 0.15) is 54.9 Å². The molecule has 2 atom stereocenters. The van der Waals surface area contributed by atoms with Gasteiger partial charge in [0.15, 0.2) is 8.32 Å². The molecule has 0 aromatic heterocycles. The van der Waals surface area contributed by atoms with Gasteiger partial charge in [-0.3, -0.25) is 0 Å². The van der Waals surface area contributed by atoms with E-state index in [4.69, 9.17) is 8.85 Å². The van der Waals surface area contributed by atoms with Crippen molar-refractivity contribution in [1.82, 2.24) is 0 Å². The molecule has 0 saturated carbocycles. The minimum atomic E-state index is -2.06. The van der Waals surface area contributed by atoms with E-state index in [-0.39, 0.29) is 10.8 Å². The molecule has 138 valence electrons. The first-order chi connectivity index (χ1) is 9.97. The van der Waals surface area contributed by atoms with Gasteiger partial charge in [0.25, 0.3) is 0 Å². The van der Waals surface area contributed by atoms with E-state index in [1.54, 1.807) is 0 Å². The summed E-state index contributed by atoms with van der Waals surface area (Å²) in [5, 5.41) is -0.202. The lowest BCUT2D eigenvalue weighted by atomic mass is 9.80. The molecule has 2 unspecified atom stereocenters. The Morgan fingerprint density at radius 2 is 1.39 bits per heavy atom. The number of hydrogen-bond acceptors (Lipinski definition) is 2.